The summed E-state index contributed by atoms with van der Waals surface area (Å²) in [6.45, 7) is 0.475. The third-order valence-corrected chi connectivity index (χ3v) is 2.70. The zero-order valence-corrected chi connectivity index (χ0v) is 9.90. The van der Waals surface area contributed by atoms with Crippen molar-refractivity contribution in [2.75, 3.05) is 11.9 Å². The van der Waals surface area contributed by atoms with Crippen LogP contribution in [0.15, 0.2) is 42.5 Å². The minimum Gasteiger partial charge on any atom is -0.505 e. The number of phenols is 1. The molecule has 0 aromatic heterocycles. The number of phenolic OH excluding ortho intramolecular Hbond substituents is 1. The third-order valence-electron chi connectivity index (χ3n) is 2.70. The third kappa shape index (κ3) is 2.77. The Morgan fingerprint density at radius 3 is 2.33 bits per heavy atom. The molecule has 2 aromatic carbocycles. The Morgan fingerprint density at radius 1 is 1.06 bits per heavy atom. The molecule has 0 aliphatic rings. The van der Waals surface area contributed by atoms with E-state index in [1.54, 1.807) is 18.2 Å². The molecule has 0 saturated heterocycles. The van der Waals surface area contributed by atoms with Gasteiger partial charge in [0.2, 0.25) is 0 Å². The van der Waals surface area contributed by atoms with Gasteiger partial charge in [-0.2, -0.15) is 0 Å². The molecule has 0 saturated carbocycles. The van der Waals surface area contributed by atoms with E-state index in [9.17, 15) is 8.78 Å². The van der Waals surface area contributed by atoms with Crippen molar-refractivity contribution in [3.63, 3.8) is 0 Å². The second-order valence-corrected chi connectivity index (χ2v) is 4.12. The highest BCUT2D eigenvalue weighted by Gasteiger charge is 2.05. The van der Waals surface area contributed by atoms with Crippen molar-refractivity contribution in [3.05, 3.63) is 59.7 Å². The van der Waals surface area contributed by atoms with E-state index in [1.165, 1.54) is 24.3 Å². The molecule has 2 aromatic rings. The molecule has 0 spiro atoms. The van der Waals surface area contributed by atoms with Gasteiger partial charge in [0.25, 0.3) is 0 Å². The first-order valence-electron chi connectivity index (χ1n) is 5.50. The van der Waals surface area contributed by atoms with Crippen LogP contribution in [-0.4, -0.2) is 12.2 Å². The summed E-state index contributed by atoms with van der Waals surface area (Å²) in [6, 6.07) is 10.3. The first-order chi connectivity index (χ1) is 8.56. The van der Waals surface area contributed by atoms with Gasteiger partial charge in [-0.25, -0.2) is 8.78 Å². The summed E-state index contributed by atoms with van der Waals surface area (Å²) in [6.07, 6.45) is 0. The molecular formula is C14H13F2NO. The highest BCUT2D eigenvalue weighted by Crippen LogP contribution is 2.20. The minimum absolute atomic E-state index is 0.289. The monoisotopic (exact) mass is 249 g/mol. The van der Waals surface area contributed by atoms with E-state index in [1.807, 2.05) is 11.9 Å². The van der Waals surface area contributed by atoms with E-state index in [2.05, 4.69) is 0 Å². The van der Waals surface area contributed by atoms with Gasteiger partial charge in [0.15, 0.2) is 11.6 Å². The summed E-state index contributed by atoms with van der Waals surface area (Å²) in [5, 5.41) is 9.10. The van der Waals surface area contributed by atoms with Crippen LogP contribution in [0.1, 0.15) is 5.56 Å². The SMILES string of the molecule is CN(Cc1ccc(O)c(F)c1)c1ccc(F)cc1. The van der Waals surface area contributed by atoms with Gasteiger partial charge in [-0.1, -0.05) is 6.07 Å². The second kappa shape index (κ2) is 5.04. The predicted molar refractivity (Wildman–Crippen MR) is 66.6 cm³/mol. The number of anilines is 1. The Morgan fingerprint density at radius 2 is 1.72 bits per heavy atom. The van der Waals surface area contributed by atoms with Gasteiger partial charge in [0, 0.05) is 19.3 Å². The van der Waals surface area contributed by atoms with E-state index in [0.29, 0.717) is 6.54 Å². The largest absolute Gasteiger partial charge is 0.505 e. The van der Waals surface area contributed by atoms with Gasteiger partial charge in [0.1, 0.15) is 5.82 Å². The molecule has 0 amide bonds. The molecule has 0 unspecified atom stereocenters. The van der Waals surface area contributed by atoms with E-state index >= 15 is 0 Å². The molecule has 2 rings (SSSR count). The van der Waals surface area contributed by atoms with Crippen LogP contribution in [0.25, 0.3) is 0 Å². The van der Waals surface area contributed by atoms with Gasteiger partial charge >= 0.3 is 0 Å². The summed E-state index contributed by atoms with van der Waals surface area (Å²) in [5.41, 5.74) is 1.57. The molecule has 94 valence electrons. The number of hydrogen-bond donors (Lipinski definition) is 1. The van der Waals surface area contributed by atoms with Crippen LogP contribution < -0.4 is 4.90 Å². The molecule has 0 heterocycles. The van der Waals surface area contributed by atoms with Gasteiger partial charge in [-0.15, -0.1) is 0 Å². The Bertz CT molecular complexity index is 540. The lowest BCUT2D eigenvalue weighted by atomic mass is 10.2. The Kier molecular flexibility index (Phi) is 3.46. The molecule has 0 fully saturated rings. The van der Waals surface area contributed by atoms with Crippen LogP contribution in [0.4, 0.5) is 14.5 Å². The quantitative estimate of drug-likeness (QED) is 0.902. The van der Waals surface area contributed by atoms with Gasteiger partial charge in [0.05, 0.1) is 0 Å². The average Bonchev–Trinajstić information content (AvgIpc) is 2.34. The van der Waals surface area contributed by atoms with Crippen LogP contribution in [0.2, 0.25) is 0 Å². The predicted octanol–water partition coefficient (Wildman–Crippen LogP) is 3.31. The van der Waals surface area contributed by atoms with Crippen LogP contribution in [-0.2, 0) is 6.54 Å². The first-order valence-corrected chi connectivity index (χ1v) is 5.50. The fourth-order valence-corrected chi connectivity index (χ4v) is 1.71. The van der Waals surface area contributed by atoms with Crippen LogP contribution in [0.3, 0.4) is 0 Å². The lowest BCUT2D eigenvalue weighted by molar-refractivity contribution is 0.432. The zero-order valence-electron chi connectivity index (χ0n) is 9.90. The minimum atomic E-state index is -0.639. The molecule has 0 bridgehead atoms. The van der Waals surface area contributed by atoms with E-state index < -0.39 is 5.82 Å². The van der Waals surface area contributed by atoms with Crippen LogP contribution in [0, 0.1) is 11.6 Å². The smallest absolute Gasteiger partial charge is 0.165 e. The highest BCUT2D eigenvalue weighted by atomic mass is 19.1. The topological polar surface area (TPSA) is 23.5 Å². The van der Waals surface area contributed by atoms with Crippen molar-refractivity contribution in [1.82, 2.24) is 0 Å². The lowest BCUT2D eigenvalue weighted by Gasteiger charge is -2.19. The maximum absolute atomic E-state index is 13.2. The standard InChI is InChI=1S/C14H13F2NO/c1-17(12-5-3-11(15)4-6-12)9-10-2-7-14(18)13(16)8-10/h2-8,18H,9H2,1H3. The summed E-state index contributed by atoms with van der Waals surface area (Å²) >= 11 is 0. The summed E-state index contributed by atoms with van der Waals surface area (Å²) < 4.78 is 25.9. The van der Waals surface area contributed by atoms with Crippen molar-refractivity contribution >= 4 is 5.69 Å². The molecule has 1 N–H and O–H groups in total. The molecule has 0 radical (unpaired) electrons. The Balaban J connectivity index is 2.13. The molecule has 0 atom stereocenters. The Labute approximate surface area is 104 Å². The first kappa shape index (κ1) is 12.4. The van der Waals surface area contributed by atoms with E-state index in [0.717, 1.165) is 11.3 Å². The maximum Gasteiger partial charge on any atom is 0.165 e. The van der Waals surface area contributed by atoms with Gasteiger partial charge in [-0.3, -0.25) is 0 Å². The molecule has 18 heavy (non-hydrogen) atoms. The summed E-state index contributed by atoms with van der Waals surface area (Å²) in [5.74, 6) is -1.29. The zero-order chi connectivity index (χ0) is 13.1. The van der Waals surface area contributed by atoms with Crippen molar-refractivity contribution < 1.29 is 13.9 Å². The van der Waals surface area contributed by atoms with Gasteiger partial charge < -0.3 is 10.0 Å². The molecule has 0 aliphatic carbocycles. The Hall–Kier alpha value is -2.10. The van der Waals surface area contributed by atoms with Crippen molar-refractivity contribution in [2.24, 2.45) is 0 Å². The molecule has 0 aliphatic heterocycles. The molecular weight excluding hydrogens is 236 g/mol. The second-order valence-electron chi connectivity index (χ2n) is 4.12. The van der Waals surface area contributed by atoms with Crippen molar-refractivity contribution in [1.29, 1.82) is 0 Å². The average molecular weight is 249 g/mol. The van der Waals surface area contributed by atoms with Crippen LogP contribution >= 0.6 is 0 Å². The summed E-state index contributed by atoms with van der Waals surface area (Å²) in [4.78, 5) is 1.87. The molecule has 4 heteroatoms. The fourth-order valence-electron chi connectivity index (χ4n) is 1.71. The number of rotatable bonds is 3. The number of benzene rings is 2. The van der Waals surface area contributed by atoms with Gasteiger partial charge in [-0.05, 0) is 42.0 Å². The van der Waals surface area contributed by atoms with Crippen LogP contribution in [0.5, 0.6) is 5.75 Å². The number of aromatic hydroxyl groups is 1. The highest BCUT2D eigenvalue weighted by molar-refractivity contribution is 5.46. The number of nitrogens with zero attached hydrogens (tertiary/aromatic N) is 1. The van der Waals surface area contributed by atoms with Crippen molar-refractivity contribution in [2.45, 2.75) is 6.54 Å². The fraction of sp³-hybridized carbons (Fsp3) is 0.143. The van der Waals surface area contributed by atoms with E-state index in [4.69, 9.17) is 5.11 Å². The van der Waals surface area contributed by atoms with E-state index in [-0.39, 0.29) is 11.6 Å². The lowest BCUT2D eigenvalue weighted by Crippen LogP contribution is -2.16. The van der Waals surface area contributed by atoms with Crippen molar-refractivity contribution in [3.8, 4) is 5.75 Å². The molecule has 2 nitrogen and oxygen atoms in total. The summed E-state index contributed by atoms with van der Waals surface area (Å²) in [7, 11) is 1.83. The number of hydrogen-bond acceptors (Lipinski definition) is 2. The maximum atomic E-state index is 13.2. The number of halogens is 2. The normalized spacial score (nSPS) is 10.4.